The van der Waals surface area contributed by atoms with E-state index >= 15 is 0 Å². The number of rotatable bonds is 5. The van der Waals surface area contributed by atoms with Gasteiger partial charge in [0.1, 0.15) is 6.61 Å². The maximum absolute atomic E-state index is 15.0. The van der Waals surface area contributed by atoms with E-state index in [1.165, 1.54) is 0 Å². The van der Waals surface area contributed by atoms with E-state index in [1.807, 2.05) is 6.92 Å². The second-order valence-electron chi connectivity index (χ2n) is 7.61. The highest BCUT2D eigenvalue weighted by atomic mass is 19.1. The molecule has 0 saturated heterocycles. The van der Waals surface area contributed by atoms with Crippen LogP contribution in [-0.2, 0) is 0 Å². The summed E-state index contributed by atoms with van der Waals surface area (Å²) in [7, 11) is 0. The molecule has 0 bridgehead atoms. The highest BCUT2D eigenvalue weighted by molar-refractivity contribution is 6.06. The van der Waals surface area contributed by atoms with E-state index in [2.05, 4.69) is 23.8 Å². The van der Waals surface area contributed by atoms with Gasteiger partial charge in [0.15, 0.2) is 11.6 Å². The lowest BCUT2D eigenvalue weighted by atomic mass is 9.93. The summed E-state index contributed by atoms with van der Waals surface area (Å²) in [5, 5.41) is 1.76. The number of nitrogens with two attached hydrogens (primary N) is 1. The number of aromatic nitrogens is 2. The van der Waals surface area contributed by atoms with Gasteiger partial charge in [-0.25, -0.2) is 4.39 Å². The van der Waals surface area contributed by atoms with E-state index < -0.39 is 11.4 Å². The van der Waals surface area contributed by atoms with E-state index in [4.69, 9.17) is 10.5 Å². The molecule has 0 amide bonds. The van der Waals surface area contributed by atoms with E-state index in [0.717, 1.165) is 6.42 Å². The molecule has 0 radical (unpaired) electrons. The monoisotopic (exact) mass is 357 g/mol. The van der Waals surface area contributed by atoms with Crippen LogP contribution in [-0.4, -0.2) is 22.1 Å². The van der Waals surface area contributed by atoms with Crippen molar-refractivity contribution in [2.24, 2.45) is 11.7 Å². The van der Waals surface area contributed by atoms with Crippen molar-refractivity contribution in [3.63, 3.8) is 0 Å². The van der Waals surface area contributed by atoms with Gasteiger partial charge in [0.25, 0.3) is 5.56 Å². The minimum atomic E-state index is -0.587. The first-order valence-corrected chi connectivity index (χ1v) is 8.71. The Labute approximate surface area is 151 Å². The summed E-state index contributed by atoms with van der Waals surface area (Å²) in [5.41, 5.74) is 6.05. The van der Waals surface area contributed by atoms with Crippen LogP contribution in [0.1, 0.15) is 32.9 Å². The number of halogens is 1. The highest BCUT2D eigenvalue weighted by Crippen LogP contribution is 2.29. The smallest absolute Gasteiger partial charge is 0.258 e. The van der Waals surface area contributed by atoms with E-state index in [0.29, 0.717) is 27.8 Å². The van der Waals surface area contributed by atoms with Gasteiger partial charge in [-0.05, 0) is 49.8 Å². The second kappa shape index (κ2) is 6.68. The third kappa shape index (κ3) is 3.42. The minimum Gasteiger partial charge on any atom is -0.489 e. The summed E-state index contributed by atoms with van der Waals surface area (Å²) in [4.78, 5) is 19.2. The van der Waals surface area contributed by atoms with E-state index in [9.17, 15) is 9.18 Å². The van der Waals surface area contributed by atoms with Crippen LogP contribution >= 0.6 is 0 Å². The van der Waals surface area contributed by atoms with Crippen LogP contribution in [0.2, 0.25) is 0 Å². The zero-order valence-corrected chi connectivity index (χ0v) is 15.5. The number of ether oxygens (including phenoxy) is 1. The van der Waals surface area contributed by atoms with Crippen molar-refractivity contribution in [2.45, 2.75) is 39.7 Å². The van der Waals surface area contributed by atoms with E-state index in [-0.39, 0.29) is 23.4 Å². The lowest BCUT2D eigenvalue weighted by molar-refractivity contribution is 0.201. The molecule has 26 heavy (non-hydrogen) atoms. The molecule has 138 valence electrons. The van der Waals surface area contributed by atoms with Crippen molar-refractivity contribution in [1.82, 2.24) is 9.97 Å². The van der Waals surface area contributed by atoms with Crippen LogP contribution in [0, 0.1) is 18.7 Å². The first kappa shape index (κ1) is 18.3. The Hall–Kier alpha value is -2.47. The Morgan fingerprint density at radius 2 is 2.04 bits per heavy atom. The summed E-state index contributed by atoms with van der Waals surface area (Å²) in [6, 6.07) is 5.05. The van der Waals surface area contributed by atoms with Gasteiger partial charge in [0.2, 0.25) is 0 Å². The largest absolute Gasteiger partial charge is 0.489 e. The minimum absolute atomic E-state index is 0.0821. The van der Waals surface area contributed by atoms with Crippen molar-refractivity contribution in [2.75, 3.05) is 6.61 Å². The predicted octanol–water partition coefficient (Wildman–Crippen LogP) is 3.67. The number of H-pyrrole nitrogens is 1. The summed E-state index contributed by atoms with van der Waals surface area (Å²) in [5.74, 6) is -0.0929. The summed E-state index contributed by atoms with van der Waals surface area (Å²) < 4.78 is 20.6. The molecule has 1 atom stereocenters. The van der Waals surface area contributed by atoms with Crippen molar-refractivity contribution in [3.05, 3.63) is 46.3 Å². The molecule has 2 aromatic heterocycles. The lowest BCUT2D eigenvalue weighted by Crippen LogP contribution is -2.43. The van der Waals surface area contributed by atoms with Crippen molar-refractivity contribution < 1.29 is 9.13 Å². The fraction of sp³-hybridized carbons (Fsp3) is 0.400. The molecular formula is C20H24FN3O2. The molecule has 1 aromatic carbocycles. The summed E-state index contributed by atoms with van der Waals surface area (Å²) in [6.45, 7) is 7.99. The maximum atomic E-state index is 15.0. The summed E-state index contributed by atoms with van der Waals surface area (Å²) in [6.07, 6.45) is 2.38. The van der Waals surface area contributed by atoms with Crippen molar-refractivity contribution in [3.8, 4) is 5.75 Å². The molecule has 0 aliphatic heterocycles. The zero-order chi connectivity index (χ0) is 19.1. The Balaban J connectivity index is 2.04. The number of aryl methyl sites for hydroxylation is 1. The maximum Gasteiger partial charge on any atom is 0.258 e. The van der Waals surface area contributed by atoms with Gasteiger partial charge in [-0.3, -0.25) is 9.78 Å². The molecular weight excluding hydrogens is 333 g/mol. The molecule has 0 saturated carbocycles. The molecule has 1 unspecified atom stereocenters. The number of hydrogen-bond donors (Lipinski definition) is 2. The topological polar surface area (TPSA) is 81.0 Å². The SMILES string of the molecule is Cc1nccc2c1c(=O)[nH]c1c(F)c(OCC(C)(N)CC(C)C)ccc12. The number of fused-ring (bicyclic) bond motifs is 3. The molecule has 6 heteroatoms. The average Bonchev–Trinajstić information content (AvgIpc) is 2.54. The molecule has 0 spiro atoms. The molecule has 0 aliphatic carbocycles. The van der Waals surface area contributed by atoms with Crippen LogP contribution in [0.5, 0.6) is 5.75 Å². The number of nitrogens with one attached hydrogen (secondary N) is 1. The molecule has 5 nitrogen and oxygen atoms in total. The first-order valence-electron chi connectivity index (χ1n) is 8.71. The number of aromatic amines is 1. The van der Waals surface area contributed by atoms with Gasteiger partial charge in [0, 0.05) is 17.1 Å². The molecule has 0 fully saturated rings. The zero-order valence-electron chi connectivity index (χ0n) is 15.5. The fourth-order valence-electron chi connectivity index (χ4n) is 3.50. The normalized spacial score (nSPS) is 14.1. The second-order valence-corrected chi connectivity index (χ2v) is 7.61. The Morgan fingerprint density at radius 1 is 1.31 bits per heavy atom. The van der Waals surface area contributed by atoms with Gasteiger partial charge < -0.3 is 15.5 Å². The van der Waals surface area contributed by atoms with Gasteiger partial charge in [-0.1, -0.05) is 13.8 Å². The van der Waals surface area contributed by atoms with Crippen LogP contribution < -0.4 is 16.0 Å². The van der Waals surface area contributed by atoms with Crippen LogP contribution in [0.25, 0.3) is 21.7 Å². The van der Waals surface area contributed by atoms with Gasteiger partial charge in [-0.15, -0.1) is 0 Å². The third-order valence-electron chi connectivity index (χ3n) is 4.43. The van der Waals surface area contributed by atoms with Gasteiger partial charge in [-0.2, -0.15) is 0 Å². The van der Waals surface area contributed by atoms with E-state index in [1.54, 1.807) is 31.3 Å². The molecule has 3 N–H and O–H groups in total. The Bertz CT molecular complexity index is 1020. The van der Waals surface area contributed by atoms with Gasteiger partial charge >= 0.3 is 0 Å². The fourth-order valence-corrected chi connectivity index (χ4v) is 3.50. The van der Waals surface area contributed by atoms with Crippen LogP contribution in [0.4, 0.5) is 4.39 Å². The van der Waals surface area contributed by atoms with Crippen LogP contribution in [0.3, 0.4) is 0 Å². The quantitative estimate of drug-likeness (QED) is 0.683. The average molecular weight is 357 g/mol. The Kier molecular flexibility index (Phi) is 4.71. The Morgan fingerprint density at radius 3 is 2.73 bits per heavy atom. The number of pyridine rings is 2. The van der Waals surface area contributed by atoms with Crippen LogP contribution in [0.15, 0.2) is 29.2 Å². The highest BCUT2D eigenvalue weighted by Gasteiger charge is 2.22. The third-order valence-corrected chi connectivity index (χ3v) is 4.43. The molecule has 0 aliphatic rings. The standard InChI is InChI=1S/C20H24FN3O2/c1-11(2)9-20(4,22)10-26-15-6-5-14-13-7-8-23-12(3)16(13)19(25)24-18(14)17(15)21/h5-8,11H,9-10,22H2,1-4H3,(H,24,25). The molecule has 3 aromatic rings. The van der Waals surface area contributed by atoms with Crippen molar-refractivity contribution in [1.29, 1.82) is 0 Å². The predicted molar refractivity (Wildman–Crippen MR) is 102 cm³/mol. The number of nitrogens with zero attached hydrogens (tertiary/aromatic N) is 1. The lowest BCUT2D eigenvalue weighted by Gasteiger charge is -2.26. The molecule has 2 heterocycles. The summed E-state index contributed by atoms with van der Waals surface area (Å²) >= 11 is 0. The number of benzene rings is 1. The van der Waals surface area contributed by atoms with Crippen molar-refractivity contribution >= 4 is 21.7 Å². The number of hydrogen-bond acceptors (Lipinski definition) is 4. The van der Waals surface area contributed by atoms with Gasteiger partial charge in [0.05, 0.1) is 16.6 Å². The molecule has 3 rings (SSSR count). The first-order chi connectivity index (χ1) is 12.2.